The highest BCUT2D eigenvalue weighted by atomic mass is 16.6. The van der Waals surface area contributed by atoms with E-state index < -0.39 is 16.8 Å². The van der Waals surface area contributed by atoms with Crippen LogP contribution in [-0.4, -0.2) is 42.5 Å². The number of nitrogens with zero attached hydrogens (tertiary/aromatic N) is 2. The maximum atomic E-state index is 13.2. The van der Waals surface area contributed by atoms with E-state index in [-0.39, 0.29) is 31.2 Å². The lowest BCUT2D eigenvalue weighted by atomic mass is 9.83. The van der Waals surface area contributed by atoms with Gasteiger partial charge >= 0.3 is 5.97 Å². The van der Waals surface area contributed by atoms with Crippen LogP contribution in [0, 0.1) is 10.1 Å². The first-order valence-corrected chi connectivity index (χ1v) is 10.5. The maximum Gasteiger partial charge on any atom is 0.336 e. The van der Waals surface area contributed by atoms with Gasteiger partial charge in [-0.05, 0) is 30.7 Å². The summed E-state index contributed by atoms with van der Waals surface area (Å²) in [5, 5.41) is 10.9. The van der Waals surface area contributed by atoms with Crippen LogP contribution < -0.4 is 9.47 Å². The third kappa shape index (κ3) is 5.09. The molecular weight excluding hydrogens is 440 g/mol. The maximum absolute atomic E-state index is 13.2. The Hall–Kier alpha value is -4.14. The zero-order valence-corrected chi connectivity index (χ0v) is 19.3. The molecule has 1 aliphatic rings. The van der Waals surface area contributed by atoms with Crippen LogP contribution in [0.3, 0.4) is 0 Å². The van der Waals surface area contributed by atoms with Gasteiger partial charge in [0.05, 0.1) is 31.3 Å². The lowest BCUT2D eigenvalue weighted by Crippen LogP contribution is -2.38. The first-order valence-electron chi connectivity index (χ1n) is 10.5. The molecule has 3 rings (SSSR count). The molecule has 1 amide bonds. The van der Waals surface area contributed by atoms with Crippen molar-refractivity contribution in [3.8, 4) is 11.5 Å². The van der Waals surface area contributed by atoms with Crippen molar-refractivity contribution in [2.45, 2.75) is 25.8 Å². The number of nitro benzene ring substituents is 1. The van der Waals surface area contributed by atoms with E-state index in [4.69, 9.17) is 14.2 Å². The number of hydrogen-bond donors (Lipinski definition) is 0. The third-order valence-electron chi connectivity index (χ3n) is 5.68. The van der Waals surface area contributed by atoms with Gasteiger partial charge in [0.15, 0.2) is 0 Å². The normalized spacial score (nSPS) is 15.7. The lowest BCUT2D eigenvalue weighted by molar-refractivity contribution is -0.384. The smallest absolute Gasteiger partial charge is 0.336 e. The van der Waals surface area contributed by atoms with Crippen LogP contribution >= 0.6 is 0 Å². The van der Waals surface area contributed by atoms with Crippen molar-refractivity contribution in [1.82, 2.24) is 4.90 Å². The van der Waals surface area contributed by atoms with Gasteiger partial charge in [-0.3, -0.25) is 14.9 Å². The molecule has 1 atom stereocenters. The minimum Gasteiger partial charge on any atom is -0.497 e. The van der Waals surface area contributed by atoms with E-state index in [1.807, 2.05) is 0 Å². The van der Waals surface area contributed by atoms with Gasteiger partial charge in [0.1, 0.15) is 18.1 Å². The number of amides is 1. The Labute approximate surface area is 197 Å². The summed E-state index contributed by atoms with van der Waals surface area (Å²) in [7, 11) is 3.05. The van der Waals surface area contributed by atoms with Crippen LogP contribution in [0.1, 0.15) is 30.4 Å². The van der Waals surface area contributed by atoms with Crippen LogP contribution in [0.15, 0.2) is 66.4 Å². The molecule has 0 radical (unpaired) electrons. The Balaban J connectivity index is 2.06. The molecule has 0 fully saturated rings. The van der Waals surface area contributed by atoms with E-state index in [1.165, 1.54) is 37.3 Å². The first-order chi connectivity index (χ1) is 16.3. The number of esters is 1. The summed E-state index contributed by atoms with van der Waals surface area (Å²) in [6.07, 6.45) is 1.48. The molecule has 0 aliphatic carbocycles. The Morgan fingerprint density at radius 1 is 1.21 bits per heavy atom. The van der Waals surface area contributed by atoms with Crippen molar-refractivity contribution < 1.29 is 28.7 Å². The van der Waals surface area contributed by atoms with E-state index >= 15 is 0 Å². The van der Waals surface area contributed by atoms with Crippen molar-refractivity contribution in [3.63, 3.8) is 0 Å². The second-order valence-electron chi connectivity index (χ2n) is 7.65. The van der Waals surface area contributed by atoms with E-state index in [0.717, 1.165) is 0 Å². The van der Waals surface area contributed by atoms with Crippen LogP contribution in [0.4, 0.5) is 5.69 Å². The van der Waals surface area contributed by atoms with Crippen molar-refractivity contribution >= 4 is 17.6 Å². The summed E-state index contributed by atoms with van der Waals surface area (Å²) in [5.74, 6) is -0.292. The Bertz CT molecular complexity index is 1140. The Morgan fingerprint density at radius 2 is 1.91 bits per heavy atom. The van der Waals surface area contributed by atoms with Crippen LogP contribution in [0.2, 0.25) is 0 Å². The largest absolute Gasteiger partial charge is 0.497 e. The van der Waals surface area contributed by atoms with Gasteiger partial charge in [0, 0.05) is 35.7 Å². The van der Waals surface area contributed by atoms with Gasteiger partial charge < -0.3 is 19.1 Å². The number of carbonyl (C=O) groups excluding carboxylic acids is 2. The zero-order valence-electron chi connectivity index (χ0n) is 19.3. The van der Waals surface area contributed by atoms with Crippen molar-refractivity contribution in [3.05, 3.63) is 87.6 Å². The van der Waals surface area contributed by atoms with E-state index in [1.54, 1.807) is 37.3 Å². The number of rotatable bonds is 9. The standard InChI is InChI=1S/C25H26N2O7/c1-5-12-34-25(29)24-16(2)26(15-17-6-8-18(9-7-17)27(30)31)23(28)14-21(24)20-13-19(32-3)10-11-22(20)33-4/h5-11,13,21H,1,12,14-15H2,2-4H3. The molecule has 9 heteroatoms. The highest BCUT2D eigenvalue weighted by Gasteiger charge is 2.38. The minimum atomic E-state index is -0.608. The average molecular weight is 466 g/mol. The molecule has 9 nitrogen and oxygen atoms in total. The Morgan fingerprint density at radius 3 is 2.50 bits per heavy atom. The summed E-state index contributed by atoms with van der Waals surface area (Å²) < 4.78 is 16.2. The quantitative estimate of drug-likeness (QED) is 0.237. The fraction of sp³-hybridized carbons (Fsp3) is 0.280. The molecule has 0 saturated heterocycles. The molecule has 1 heterocycles. The molecule has 1 aliphatic heterocycles. The number of benzene rings is 2. The van der Waals surface area contributed by atoms with Gasteiger partial charge in [-0.2, -0.15) is 0 Å². The van der Waals surface area contributed by atoms with Gasteiger partial charge in [0.2, 0.25) is 5.91 Å². The van der Waals surface area contributed by atoms with Gasteiger partial charge in [0.25, 0.3) is 5.69 Å². The molecular formula is C25H26N2O7. The second-order valence-corrected chi connectivity index (χ2v) is 7.65. The average Bonchev–Trinajstić information content (AvgIpc) is 2.84. The summed E-state index contributed by atoms with van der Waals surface area (Å²) in [5.41, 5.74) is 2.05. The van der Waals surface area contributed by atoms with Crippen LogP contribution in [-0.2, 0) is 20.9 Å². The third-order valence-corrected chi connectivity index (χ3v) is 5.68. The van der Waals surface area contributed by atoms with Crippen molar-refractivity contribution in [1.29, 1.82) is 0 Å². The summed E-state index contributed by atoms with van der Waals surface area (Å²) in [6.45, 7) is 5.45. The van der Waals surface area contributed by atoms with Crippen LogP contribution in [0.5, 0.6) is 11.5 Å². The van der Waals surface area contributed by atoms with E-state index in [2.05, 4.69) is 6.58 Å². The monoisotopic (exact) mass is 466 g/mol. The highest BCUT2D eigenvalue weighted by Crippen LogP contribution is 2.42. The molecule has 2 aromatic carbocycles. The molecule has 178 valence electrons. The fourth-order valence-electron chi connectivity index (χ4n) is 3.96. The number of ether oxygens (including phenoxy) is 3. The second kappa shape index (κ2) is 10.7. The Kier molecular flexibility index (Phi) is 7.68. The topological polar surface area (TPSA) is 108 Å². The van der Waals surface area contributed by atoms with E-state index in [0.29, 0.717) is 33.9 Å². The molecule has 0 aromatic heterocycles. The molecule has 34 heavy (non-hydrogen) atoms. The predicted molar refractivity (Wildman–Crippen MR) is 124 cm³/mol. The number of non-ortho nitro benzene ring substituents is 1. The number of nitro groups is 1. The number of methoxy groups -OCH3 is 2. The van der Waals surface area contributed by atoms with E-state index in [9.17, 15) is 19.7 Å². The summed E-state index contributed by atoms with van der Waals surface area (Å²) in [4.78, 5) is 38.3. The number of hydrogen-bond acceptors (Lipinski definition) is 7. The molecule has 1 unspecified atom stereocenters. The SMILES string of the molecule is C=CCOC(=O)C1=C(C)N(Cc2ccc([N+](=O)[O-])cc2)C(=O)CC1c1cc(OC)ccc1OC. The van der Waals surface area contributed by atoms with Crippen LogP contribution in [0.25, 0.3) is 0 Å². The lowest BCUT2D eigenvalue weighted by Gasteiger charge is -2.35. The summed E-state index contributed by atoms with van der Waals surface area (Å²) >= 11 is 0. The number of allylic oxidation sites excluding steroid dienone is 1. The number of carbonyl (C=O) groups is 2. The molecule has 0 N–H and O–H groups in total. The molecule has 2 aromatic rings. The highest BCUT2D eigenvalue weighted by molar-refractivity contribution is 5.96. The first kappa shape index (κ1) is 24.5. The predicted octanol–water partition coefficient (Wildman–Crippen LogP) is 4.13. The fourth-order valence-corrected chi connectivity index (χ4v) is 3.96. The van der Waals surface area contributed by atoms with Crippen molar-refractivity contribution in [2.24, 2.45) is 0 Å². The van der Waals surface area contributed by atoms with Gasteiger partial charge in [-0.15, -0.1) is 0 Å². The molecule has 0 spiro atoms. The zero-order chi connectivity index (χ0) is 24.8. The molecule has 0 bridgehead atoms. The molecule has 0 saturated carbocycles. The minimum absolute atomic E-state index is 0.00632. The van der Waals surface area contributed by atoms with Gasteiger partial charge in [-0.1, -0.05) is 24.8 Å². The summed E-state index contributed by atoms with van der Waals surface area (Å²) in [6, 6.07) is 11.1. The van der Waals surface area contributed by atoms with Gasteiger partial charge in [-0.25, -0.2) is 4.79 Å². The van der Waals surface area contributed by atoms with Crippen molar-refractivity contribution in [2.75, 3.05) is 20.8 Å².